The molecule has 0 bridgehead atoms. The molecule has 10 rings (SSSR count). The summed E-state index contributed by atoms with van der Waals surface area (Å²) < 4.78 is 45.3. The first-order chi connectivity index (χ1) is 47.8. The number of carboxylic acid groups (broad SMARTS) is 1. The standard InChI is InChI=1S/C71H74ClFN12O13S/c1-44-51(62-63-68(78-43-79-69(63)99-65(62)46-16-18-48(73)19-17-46)98-57(70(91)92)39-47-9-4-6-12-54(47)97-42-50-26-29-75-66(80-50)52-10-5-7-13-55(52)94-3)22-23-56(64(44)72)96-38-32-83-30-34-85(2,35-31-83)41-45-14-20-49(21-15-45)81-67(90)53(11-8-28-76-71(74)93)82-59(87)40-77-58(86)27-36-95-37-33-84-60(88)24-25-61(84)89/h4-7,9-10,12-26,29,43,53,57H,8,11,27-28,30-42H2,1-3H3,(H6-,74,76,77,81,82,86,87,90,91,92,93)/p+1. The summed E-state index contributed by atoms with van der Waals surface area (Å²) in [6, 6.07) is 31.8. The fraction of sp³-hybridized carbons (Fsp3) is 0.310. The van der Waals surface area contributed by atoms with Gasteiger partial charge in [-0.05, 0) is 96.6 Å². The Balaban J connectivity index is 0.733. The number of fused-ring (bicyclic) bond motifs is 1. The number of quaternary nitrogens is 1. The number of hydrogen-bond acceptors (Lipinski definition) is 18. The van der Waals surface area contributed by atoms with Crippen LogP contribution < -0.4 is 45.9 Å². The first-order valence-corrected chi connectivity index (χ1v) is 33.2. The summed E-state index contributed by atoms with van der Waals surface area (Å²) in [6.07, 6.45) is 4.13. The van der Waals surface area contributed by atoms with Crippen LogP contribution in [0, 0.1) is 12.7 Å². The zero-order chi connectivity index (χ0) is 70.0. The average Bonchev–Trinajstić information content (AvgIpc) is 1.61. The molecular formula is C71H75ClFN12O13S+. The summed E-state index contributed by atoms with van der Waals surface area (Å²) in [4.78, 5) is 110. The number of aromatic nitrogens is 4. The van der Waals surface area contributed by atoms with Crippen LogP contribution in [-0.4, -0.2) is 179 Å². The van der Waals surface area contributed by atoms with Gasteiger partial charge < -0.3 is 60.3 Å². The number of thiophene rings is 1. The Morgan fingerprint density at radius 3 is 2.28 bits per heavy atom. The minimum atomic E-state index is -1.44. The molecule has 2 atom stereocenters. The number of methoxy groups -OCH3 is 1. The van der Waals surface area contributed by atoms with Crippen molar-refractivity contribution in [3.05, 3.63) is 173 Å². The van der Waals surface area contributed by atoms with E-state index >= 15 is 0 Å². The number of carbonyl (C=O) groups is 7. The quantitative estimate of drug-likeness (QED) is 0.0129. The smallest absolute Gasteiger partial charge is 0.345 e. The van der Waals surface area contributed by atoms with E-state index in [4.69, 9.17) is 46.0 Å². The number of para-hydroxylation sites is 2. The second-order valence-corrected chi connectivity index (χ2v) is 25.2. The van der Waals surface area contributed by atoms with E-state index in [0.717, 1.165) is 47.7 Å². The van der Waals surface area contributed by atoms with Crippen LogP contribution >= 0.6 is 22.9 Å². The van der Waals surface area contributed by atoms with Crippen molar-refractivity contribution >= 4 is 80.4 Å². The van der Waals surface area contributed by atoms with Crippen molar-refractivity contribution < 1.29 is 71.2 Å². The Hall–Kier alpha value is -10.5. The molecule has 5 heterocycles. The minimum absolute atomic E-state index is 0.0138. The third-order valence-corrected chi connectivity index (χ3v) is 18.4. The number of urea groups is 1. The predicted molar refractivity (Wildman–Crippen MR) is 368 cm³/mol. The van der Waals surface area contributed by atoms with Gasteiger partial charge >= 0.3 is 12.0 Å². The van der Waals surface area contributed by atoms with Gasteiger partial charge in [-0.25, -0.2) is 33.9 Å². The Bertz CT molecular complexity index is 4250. The van der Waals surface area contributed by atoms with Crippen molar-refractivity contribution in [3.8, 4) is 56.1 Å². The average molecular weight is 1390 g/mol. The number of rotatable bonds is 33. The van der Waals surface area contributed by atoms with Gasteiger partial charge in [0.15, 0.2) is 5.82 Å². The monoisotopic (exact) mass is 1390 g/mol. The molecule has 1 saturated heterocycles. The highest BCUT2D eigenvalue weighted by Gasteiger charge is 2.32. The molecule has 28 heteroatoms. The summed E-state index contributed by atoms with van der Waals surface area (Å²) in [5.41, 5.74) is 11.3. The van der Waals surface area contributed by atoms with Crippen LogP contribution in [-0.2, 0) is 53.1 Å². The summed E-state index contributed by atoms with van der Waals surface area (Å²) in [7, 11) is 3.79. The number of nitrogens with two attached hydrogens (primary N) is 1. The molecule has 0 radical (unpaired) electrons. The molecule has 3 aromatic heterocycles. The Morgan fingerprint density at radius 2 is 1.55 bits per heavy atom. The molecule has 99 heavy (non-hydrogen) atoms. The second-order valence-electron chi connectivity index (χ2n) is 23.8. The highest BCUT2D eigenvalue weighted by molar-refractivity contribution is 7.22. The summed E-state index contributed by atoms with van der Waals surface area (Å²) >= 11 is 8.55. The molecule has 8 aromatic rings. The van der Waals surface area contributed by atoms with Gasteiger partial charge in [-0.3, -0.25) is 33.8 Å². The van der Waals surface area contributed by atoms with Gasteiger partial charge in [0.1, 0.15) is 60.0 Å². The Labute approximate surface area is 579 Å². The number of hydrogen-bond donors (Lipinski definition) is 6. The van der Waals surface area contributed by atoms with E-state index in [1.807, 2.05) is 49.4 Å². The van der Waals surface area contributed by atoms with E-state index < -0.39 is 66.0 Å². The SMILES string of the molecule is COc1ccccc1-c1nccc(COc2ccccc2CC(Oc2ncnc3sc(-c4ccc(F)cc4)c(-c4ccc(OCCN5CC[N+](C)(Cc6ccc(NC(=O)C(CCCNC(N)=O)NC(=O)CNC(=O)CCOCCN7C(=O)C=CC7=O)cc6)CC5)c(Cl)c4C)c23)C(=O)O)n1. The molecular weight excluding hydrogens is 1320 g/mol. The summed E-state index contributed by atoms with van der Waals surface area (Å²) in [6.45, 7) is 6.75. The number of ether oxygens (including phenoxy) is 5. The molecule has 0 aliphatic carbocycles. The molecule has 5 aromatic carbocycles. The number of nitrogens with zero attached hydrogens (tertiary/aromatic N) is 7. The maximum atomic E-state index is 14.5. The van der Waals surface area contributed by atoms with Crippen LogP contribution in [0.1, 0.15) is 41.6 Å². The number of aliphatic carboxylic acids is 1. The van der Waals surface area contributed by atoms with Gasteiger partial charge in [0, 0.05) is 79.1 Å². The fourth-order valence-electron chi connectivity index (χ4n) is 11.4. The van der Waals surface area contributed by atoms with Gasteiger partial charge in [0.25, 0.3) is 11.8 Å². The lowest BCUT2D eigenvalue weighted by molar-refractivity contribution is -0.926. The van der Waals surface area contributed by atoms with Crippen LogP contribution in [0.4, 0.5) is 14.9 Å². The van der Waals surface area contributed by atoms with E-state index in [-0.39, 0.29) is 58.1 Å². The first kappa shape index (κ1) is 71.3. The third kappa shape index (κ3) is 19.0. The Morgan fingerprint density at radius 1 is 0.808 bits per heavy atom. The van der Waals surface area contributed by atoms with Crippen molar-refractivity contribution in [1.82, 2.24) is 45.7 Å². The molecule has 0 saturated carbocycles. The fourth-order valence-corrected chi connectivity index (χ4v) is 12.8. The number of amides is 7. The maximum absolute atomic E-state index is 14.5. The first-order valence-electron chi connectivity index (χ1n) is 32.0. The highest BCUT2D eigenvalue weighted by atomic mass is 35.5. The zero-order valence-corrected chi connectivity index (χ0v) is 56.2. The van der Waals surface area contributed by atoms with Crippen molar-refractivity contribution in [2.45, 2.75) is 57.9 Å². The molecule has 2 aliphatic rings. The molecule has 7 N–H and O–H groups in total. The number of carboxylic acids is 1. The molecule has 0 spiro atoms. The van der Waals surface area contributed by atoms with Crippen LogP contribution in [0.25, 0.3) is 43.2 Å². The normalized spacial score (nSPS) is 14.1. The van der Waals surface area contributed by atoms with Crippen molar-refractivity contribution in [3.63, 3.8) is 0 Å². The lowest BCUT2D eigenvalue weighted by Gasteiger charge is -2.42. The van der Waals surface area contributed by atoms with Crippen LogP contribution in [0.3, 0.4) is 0 Å². The number of likely N-dealkylation sites (N-methyl/N-ethyl adjacent to an activating group) is 1. The lowest BCUT2D eigenvalue weighted by Crippen LogP contribution is -2.57. The lowest BCUT2D eigenvalue weighted by atomic mass is 9.96. The van der Waals surface area contributed by atoms with E-state index in [9.17, 15) is 43.1 Å². The molecule has 7 amide bonds. The van der Waals surface area contributed by atoms with Gasteiger partial charge in [0.05, 0.1) is 75.2 Å². The molecule has 2 aliphatic heterocycles. The van der Waals surface area contributed by atoms with Gasteiger partial charge in [0.2, 0.25) is 29.7 Å². The van der Waals surface area contributed by atoms with Gasteiger partial charge in [-0.15, -0.1) is 11.3 Å². The third-order valence-electron chi connectivity index (χ3n) is 16.8. The molecule has 516 valence electrons. The summed E-state index contributed by atoms with van der Waals surface area (Å²) in [5.74, 6) is -2.12. The molecule has 25 nitrogen and oxygen atoms in total. The number of anilines is 1. The molecule has 2 unspecified atom stereocenters. The van der Waals surface area contributed by atoms with E-state index in [1.165, 1.54) is 41.9 Å². The predicted octanol–water partition coefficient (Wildman–Crippen LogP) is 7.91. The van der Waals surface area contributed by atoms with Crippen molar-refractivity contribution in [2.75, 3.05) is 91.7 Å². The van der Waals surface area contributed by atoms with Gasteiger partial charge in [-0.1, -0.05) is 72.3 Å². The van der Waals surface area contributed by atoms with Gasteiger partial charge in [-0.2, -0.15) is 0 Å². The van der Waals surface area contributed by atoms with Crippen LogP contribution in [0.2, 0.25) is 5.02 Å². The van der Waals surface area contributed by atoms with E-state index in [1.54, 1.807) is 74.0 Å². The van der Waals surface area contributed by atoms with E-state index in [2.05, 4.69) is 48.2 Å². The van der Waals surface area contributed by atoms with Crippen LogP contribution in [0.5, 0.6) is 23.1 Å². The second kappa shape index (κ2) is 33.7. The molecule has 1 fully saturated rings. The maximum Gasteiger partial charge on any atom is 0.345 e. The topological polar surface area (TPSA) is 318 Å². The number of halogens is 2. The number of piperazine rings is 1. The van der Waals surface area contributed by atoms with E-state index in [0.29, 0.717) is 108 Å². The Kier molecular flexibility index (Phi) is 24.3. The van der Waals surface area contributed by atoms with Crippen LogP contribution in [0.15, 0.2) is 140 Å². The number of benzene rings is 5. The largest absolute Gasteiger partial charge is 0.496 e. The number of nitrogens with one attached hydrogen (secondary N) is 4. The zero-order valence-electron chi connectivity index (χ0n) is 54.7. The van der Waals surface area contributed by atoms with Crippen molar-refractivity contribution in [2.24, 2.45) is 5.73 Å². The number of imide groups is 1. The highest BCUT2D eigenvalue weighted by Crippen LogP contribution is 2.50. The number of primary amides is 1. The summed E-state index contributed by atoms with van der Waals surface area (Å²) in [5, 5.41) is 22.1. The minimum Gasteiger partial charge on any atom is -0.496 e. The van der Waals surface area contributed by atoms with Crippen molar-refractivity contribution in [1.29, 1.82) is 0 Å². The number of carbonyl (C=O) groups excluding carboxylic acids is 6.